The zero-order chi connectivity index (χ0) is 21.0. The molecular weight excluding hydrogens is 398 g/mol. The molecule has 0 amide bonds. The van der Waals surface area contributed by atoms with Crippen LogP contribution >= 0.6 is 0 Å². The summed E-state index contributed by atoms with van der Waals surface area (Å²) in [4.78, 5) is 24.6. The Hall–Kier alpha value is -3.17. The molecule has 0 radical (unpaired) electrons. The summed E-state index contributed by atoms with van der Waals surface area (Å²) in [5, 5.41) is 0.620. The number of carbonyl (C=O) groups excluding carboxylic acids is 2. The summed E-state index contributed by atoms with van der Waals surface area (Å²) in [5.41, 5.74) is 0.905. The fourth-order valence-corrected chi connectivity index (χ4v) is 3.51. The number of carbonyl (C=O) groups is 2. The second kappa shape index (κ2) is 8.46. The van der Waals surface area contributed by atoms with Crippen LogP contribution in [0.3, 0.4) is 0 Å². The van der Waals surface area contributed by atoms with Crippen molar-refractivity contribution >= 4 is 32.9 Å². The van der Waals surface area contributed by atoms with E-state index in [1.54, 1.807) is 31.2 Å². The topological polar surface area (TPSA) is 112 Å². The number of rotatable bonds is 7. The maximum absolute atomic E-state index is 12.5. The van der Waals surface area contributed by atoms with Gasteiger partial charge in [-0.3, -0.25) is 0 Å². The standard InChI is InChI=1S/C20H19NO7S/c1-3-26-20(23)18-16(15-9-4-5-10-17(15)28-18)12-27-19(22)13-7-6-8-14(11-13)29(24,25)21-2/h4-11,21H,3,12H2,1-2H3. The van der Waals surface area contributed by atoms with Crippen molar-refractivity contribution in [2.45, 2.75) is 18.4 Å². The lowest BCUT2D eigenvalue weighted by Gasteiger charge is -2.07. The van der Waals surface area contributed by atoms with Crippen molar-refractivity contribution in [1.29, 1.82) is 0 Å². The quantitative estimate of drug-likeness (QED) is 0.588. The molecule has 0 saturated carbocycles. The lowest BCUT2D eigenvalue weighted by molar-refractivity contribution is 0.0435. The number of hydrogen-bond donors (Lipinski definition) is 1. The maximum atomic E-state index is 12.5. The zero-order valence-corrected chi connectivity index (χ0v) is 16.6. The molecule has 0 bridgehead atoms. The summed E-state index contributed by atoms with van der Waals surface area (Å²) in [6, 6.07) is 12.4. The minimum atomic E-state index is -3.70. The van der Waals surface area contributed by atoms with Crippen LogP contribution in [0.5, 0.6) is 0 Å². The van der Waals surface area contributed by atoms with Crippen molar-refractivity contribution < 1.29 is 31.9 Å². The van der Waals surface area contributed by atoms with Crippen LogP contribution in [0.25, 0.3) is 11.0 Å². The van der Waals surface area contributed by atoms with Crippen LogP contribution in [-0.2, 0) is 26.1 Å². The van der Waals surface area contributed by atoms with Crippen LogP contribution in [0.1, 0.15) is 33.4 Å². The normalized spacial score (nSPS) is 11.4. The first-order valence-corrected chi connectivity index (χ1v) is 10.2. The van der Waals surface area contributed by atoms with Crippen molar-refractivity contribution in [3.8, 4) is 0 Å². The number of fused-ring (bicyclic) bond motifs is 1. The second-order valence-corrected chi connectivity index (χ2v) is 7.82. The molecule has 3 aromatic rings. The Morgan fingerprint density at radius 2 is 1.79 bits per heavy atom. The van der Waals surface area contributed by atoms with Crippen molar-refractivity contribution in [1.82, 2.24) is 4.72 Å². The van der Waals surface area contributed by atoms with Gasteiger partial charge in [0.1, 0.15) is 12.2 Å². The molecule has 3 rings (SSSR count). The summed E-state index contributed by atoms with van der Waals surface area (Å²) < 4.78 is 41.9. The Kier molecular flexibility index (Phi) is 6.00. The third-order valence-electron chi connectivity index (χ3n) is 4.16. The predicted molar refractivity (Wildman–Crippen MR) is 104 cm³/mol. The molecule has 152 valence electrons. The monoisotopic (exact) mass is 417 g/mol. The number of ether oxygens (including phenoxy) is 2. The van der Waals surface area contributed by atoms with E-state index in [1.165, 1.54) is 31.3 Å². The Balaban J connectivity index is 1.87. The summed E-state index contributed by atoms with van der Waals surface area (Å²) in [6.45, 7) is 1.60. The van der Waals surface area contributed by atoms with Crippen LogP contribution in [0.15, 0.2) is 57.8 Å². The maximum Gasteiger partial charge on any atom is 0.374 e. The molecule has 1 N–H and O–H groups in total. The summed E-state index contributed by atoms with van der Waals surface area (Å²) in [7, 11) is -2.42. The van der Waals surface area contributed by atoms with Gasteiger partial charge in [0.05, 0.1) is 22.6 Å². The van der Waals surface area contributed by atoms with Crippen molar-refractivity contribution in [2.75, 3.05) is 13.7 Å². The molecule has 8 nitrogen and oxygen atoms in total. The highest BCUT2D eigenvalue weighted by atomic mass is 32.2. The lowest BCUT2D eigenvalue weighted by atomic mass is 10.1. The first kappa shape index (κ1) is 20.6. The van der Waals surface area contributed by atoms with Gasteiger partial charge in [-0.05, 0) is 38.2 Å². The Bertz CT molecular complexity index is 1160. The predicted octanol–water partition coefficient (Wildman–Crippen LogP) is 2.87. The molecule has 0 fully saturated rings. The molecular formula is C20H19NO7S. The summed E-state index contributed by atoms with van der Waals surface area (Å²) in [6.07, 6.45) is 0. The Labute approximate surface area is 167 Å². The highest BCUT2D eigenvalue weighted by Gasteiger charge is 2.23. The van der Waals surface area contributed by atoms with Crippen LogP contribution in [0.2, 0.25) is 0 Å². The first-order valence-electron chi connectivity index (χ1n) is 8.75. The summed E-state index contributed by atoms with van der Waals surface area (Å²) >= 11 is 0. The largest absolute Gasteiger partial charge is 0.460 e. The number of nitrogens with one attached hydrogen (secondary N) is 1. The van der Waals surface area contributed by atoms with E-state index >= 15 is 0 Å². The molecule has 0 atom stereocenters. The van der Waals surface area contributed by atoms with Crippen LogP contribution in [0, 0.1) is 0 Å². The number of para-hydroxylation sites is 1. The zero-order valence-electron chi connectivity index (χ0n) is 15.8. The van der Waals surface area contributed by atoms with E-state index in [4.69, 9.17) is 13.9 Å². The van der Waals surface area contributed by atoms with Crippen LogP contribution in [0.4, 0.5) is 0 Å². The molecule has 0 aliphatic carbocycles. The smallest absolute Gasteiger partial charge is 0.374 e. The molecule has 0 aliphatic rings. The van der Waals surface area contributed by atoms with Gasteiger partial charge in [0.15, 0.2) is 0 Å². The van der Waals surface area contributed by atoms with Gasteiger partial charge in [0, 0.05) is 5.39 Å². The molecule has 9 heteroatoms. The van der Waals surface area contributed by atoms with E-state index in [-0.39, 0.29) is 29.4 Å². The van der Waals surface area contributed by atoms with Crippen molar-refractivity contribution in [2.24, 2.45) is 0 Å². The molecule has 0 unspecified atom stereocenters. The molecule has 2 aromatic carbocycles. The number of esters is 2. The van der Waals surface area contributed by atoms with Gasteiger partial charge in [0.2, 0.25) is 15.8 Å². The van der Waals surface area contributed by atoms with E-state index in [0.29, 0.717) is 16.5 Å². The van der Waals surface area contributed by atoms with Crippen LogP contribution < -0.4 is 4.72 Å². The van der Waals surface area contributed by atoms with Gasteiger partial charge in [0.25, 0.3) is 0 Å². The molecule has 0 saturated heterocycles. The van der Waals surface area contributed by atoms with E-state index in [1.807, 2.05) is 0 Å². The molecule has 1 heterocycles. The fourth-order valence-electron chi connectivity index (χ4n) is 2.73. The van der Waals surface area contributed by atoms with Crippen molar-refractivity contribution in [3.63, 3.8) is 0 Å². The van der Waals surface area contributed by atoms with Gasteiger partial charge in [-0.1, -0.05) is 24.3 Å². The lowest BCUT2D eigenvalue weighted by Crippen LogP contribution is -2.19. The first-order chi connectivity index (χ1) is 13.9. The number of furan rings is 1. The minimum Gasteiger partial charge on any atom is -0.460 e. The Morgan fingerprint density at radius 3 is 2.52 bits per heavy atom. The molecule has 0 aliphatic heterocycles. The average Bonchev–Trinajstić information content (AvgIpc) is 3.11. The van der Waals surface area contributed by atoms with E-state index in [0.717, 1.165) is 0 Å². The number of sulfonamides is 1. The minimum absolute atomic E-state index is 0.0349. The van der Waals surface area contributed by atoms with Crippen molar-refractivity contribution in [3.05, 3.63) is 65.4 Å². The molecule has 29 heavy (non-hydrogen) atoms. The molecule has 0 spiro atoms. The number of hydrogen-bond acceptors (Lipinski definition) is 7. The number of benzene rings is 2. The highest BCUT2D eigenvalue weighted by Crippen LogP contribution is 2.27. The van der Waals surface area contributed by atoms with E-state index < -0.39 is 22.0 Å². The third kappa shape index (κ3) is 4.30. The van der Waals surface area contributed by atoms with Gasteiger partial charge < -0.3 is 13.9 Å². The van der Waals surface area contributed by atoms with Gasteiger partial charge in [-0.25, -0.2) is 22.7 Å². The SMILES string of the molecule is CCOC(=O)c1oc2ccccc2c1COC(=O)c1cccc(S(=O)(=O)NC)c1. The second-order valence-electron chi connectivity index (χ2n) is 5.94. The summed E-state index contributed by atoms with van der Waals surface area (Å²) in [5.74, 6) is -1.43. The van der Waals surface area contributed by atoms with Crippen LogP contribution in [-0.4, -0.2) is 34.0 Å². The van der Waals surface area contributed by atoms with E-state index in [9.17, 15) is 18.0 Å². The third-order valence-corrected chi connectivity index (χ3v) is 5.57. The highest BCUT2D eigenvalue weighted by molar-refractivity contribution is 7.89. The fraction of sp³-hybridized carbons (Fsp3) is 0.200. The average molecular weight is 417 g/mol. The van der Waals surface area contributed by atoms with Gasteiger partial charge in [-0.2, -0.15) is 0 Å². The molecule has 1 aromatic heterocycles. The van der Waals surface area contributed by atoms with Gasteiger partial charge >= 0.3 is 11.9 Å². The van der Waals surface area contributed by atoms with Gasteiger partial charge in [-0.15, -0.1) is 0 Å². The van der Waals surface area contributed by atoms with E-state index in [2.05, 4.69) is 4.72 Å². The Morgan fingerprint density at radius 1 is 1.03 bits per heavy atom.